The molecule has 0 aromatic heterocycles. The molecule has 0 N–H and O–H groups in total. The summed E-state index contributed by atoms with van der Waals surface area (Å²) in [5.41, 5.74) is 1.08. The van der Waals surface area contributed by atoms with Gasteiger partial charge in [-0.2, -0.15) is 0 Å². The number of hydrogen-bond donors (Lipinski definition) is 0. The zero-order valence-corrected chi connectivity index (χ0v) is 12.1. The zero-order valence-electron chi connectivity index (χ0n) is 12.1. The van der Waals surface area contributed by atoms with Crippen molar-refractivity contribution in [3.8, 4) is 0 Å². The second-order valence-corrected chi connectivity index (χ2v) is 7.11. The lowest BCUT2D eigenvalue weighted by molar-refractivity contribution is 0.212. The summed E-state index contributed by atoms with van der Waals surface area (Å²) < 4.78 is 0. The quantitative estimate of drug-likeness (QED) is 0.510. The van der Waals surface area contributed by atoms with Crippen molar-refractivity contribution in [2.75, 3.05) is 0 Å². The Kier molecular flexibility index (Phi) is 5.92. The van der Waals surface area contributed by atoms with Gasteiger partial charge in [-0.05, 0) is 36.0 Å². The highest BCUT2D eigenvalue weighted by atomic mass is 14.3. The molecule has 15 heavy (non-hydrogen) atoms. The molecule has 0 heteroatoms. The largest absolute Gasteiger partial charge is 0.0649 e. The normalized spacial score (nSPS) is 13.6. The Morgan fingerprint density at radius 1 is 0.800 bits per heavy atom. The van der Waals surface area contributed by atoms with Crippen LogP contribution in [-0.2, 0) is 0 Å². The van der Waals surface area contributed by atoms with Crippen molar-refractivity contribution in [3.05, 3.63) is 0 Å². The first-order valence-electron chi connectivity index (χ1n) is 6.68. The molecule has 92 valence electrons. The lowest BCUT2D eigenvalue weighted by Crippen LogP contribution is -2.18. The summed E-state index contributed by atoms with van der Waals surface area (Å²) in [6, 6.07) is 0. The molecular formula is C15H32. The summed E-state index contributed by atoms with van der Waals surface area (Å²) in [5.74, 6) is 0.850. The van der Waals surface area contributed by atoms with Gasteiger partial charge in [0.05, 0.1) is 0 Å². The summed E-state index contributed by atoms with van der Waals surface area (Å²) in [6.07, 6.45) is 6.80. The second kappa shape index (κ2) is 5.92. The van der Waals surface area contributed by atoms with Crippen LogP contribution >= 0.6 is 0 Å². The minimum Gasteiger partial charge on any atom is -0.0649 e. The molecule has 0 unspecified atom stereocenters. The summed E-state index contributed by atoms with van der Waals surface area (Å²) in [4.78, 5) is 0. The van der Waals surface area contributed by atoms with Crippen LogP contribution in [0.1, 0.15) is 80.6 Å². The number of rotatable bonds is 7. The maximum absolute atomic E-state index is 2.43. The summed E-state index contributed by atoms with van der Waals surface area (Å²) in [6.45, 7) is 16.6. The van der Waals surface area contributed by atoms with Gasteiger partial charge in [-0.15, -0.1) is 0 Å². The van der Waals surface area contributed by atoms with Gasteiger partial charge in [0, 0.05) is 0 Å². The van der Waals surface area contributed by atoms with E-state index in [2.05, 4.69) is 48.5 Å². The smallest absolute Gasteiger partial charge is 0.0354 e. The highest BCUT2D eigenvalue weighted by Crippen LogP contribution is 2.36. The van der Waals surface area contributed by atoms with Crippen molar-refractivity contribution in [1.82, 2.24) is 0 Å². The molecule has 0 heterocycles. The van der Waals surface area contributed by atoms with Gasteiger partial charge in [0.25, 0.3) is 0 Å². The fourth-order valence-corrected chi connectivity index (χ4v) is 1.66. The van der Waals surface area contributed by atoms with Crippen LogP contribution in [0.25, 0.3) is 0 Å². The Bertz CT molecular complexity index is 163. The molecule has 0 saturated carbocycles. The van der Waals surface area contributed by atoms with Crippen LogP contribution < -0.4 is 0 Å². The van der Waals surface area contributed by atoms with Crippen LogP contribution in [0.15, 0.2) is 0 Å². The maximum atomic E-state index is 2.43. The molecule has 0 aromatic rings. The van der Waals surface area contributed by atoms with E-state index in [1.807, 2.05) is 0 Å². The van der Waals surface area contributed by atoms with Crippen LogP contribution in [0.4, 0.5) is 0 Å². The highest BCUT2D eigenvalue weighted by molar-refractivity contribution is 4.75. The summed E-state index contributed by atoms with van der Waals surface area (Å²) >= 11 is 0. The van der Waals surface area contributed by atoms with Crippen LogP contribution in [0.2, 0.25) is 0 Å². The third-order valence-electron chi connectivity index (χ3n) is 3.83. The molecule has 0 aromatic carbocycles. The molecule has 0 nitrogen and oxygen atoms in total. The van der Waals surface area contributed by atoms with Crippen molar-refractivity contribution in [1.29, 1.82) is 0 Å². The third kappa shape index (κ3) is 7.88. The van der Waals surface area contributed by atoms with Gasteiger partial charge in [-0.3, -0.25) is 0 Å². The van der Waals surface area contributed by atoms with Crippen molar-refractivity contribution >= 4 is 0 Å². The molecule has 0 atom stereocenters. The SMILES string of the molecule is CCC(C)(C)CCC(C)(C)CCC(C)C. The molecule has 0 amide bonds. The molecule has 0 spiro atoms. The van der Waals surface area contributed by atoms with E-state index in [1.165, 1.54) is 32.1 Å². The van der Waals surface area contributed by atoms with Gasteiger partial charge in [-0.25, -0.2) is 0 Å². The Labute approximate surface area is 97.8 Å². The molecule has 0 fully saturated rings. The first kappa shape index (κ1) is 15.0. The zero-order chi connectivity index (χ0) is 12.1. The first-order valence-corrected chi connectivity index (χ1v) is 6.68. The average Bonchev–Trinajstić information content (AvgIpc) is 2.13. The Balaban J connectivity index is 3.93. The molecule has 0 rings (SSSR count). The van der Waals surface area contributed by atoms with E-state index in [-0.39, 0.29) is 0 Å². The van der Waals surface area contributed by atoms with E-state index < -0.39 is 0 Å². The van der Waals surface area contributed by atoms with Gasteiger partial charge in [0.2, 0.25) is 0 Å². The molecular weight excluding hydrogens is 180 g/mol. The van der Waals surface area contributed by atoms with Gasteiger partial charge in [0.15, 0.2) is 0 Å². The average molecular weight is 212 g/mol. The predicted molar refractivity (Wildman–Crippen MR) is 71.2 cm³/mol. The Morgan fingerprint density at radius 3 is 1.67 bits per heavy atom. The fraction of sp³-hybridized carbons (Fsp3) is 1.00. The molecule has 0 radical (unpaired) electrons. The fourth-order valence-electron chi connectivity index (χ4n) is 1.66. The van der Waals surface area contributed by atoms with E-state index in [1.54, 1.807) is 0 Å². The minimum absolute atomic E-state index is 0.537. The van der Waals surface area contributed by atoms with Crippen LogP contribution in [0.5, 0.6) is 0 Å². The minimum atomic E-state index is 0.537. The Morgan fingerprint density at radius 2 is 1.27 bits per heavy atom. The lowest BCUT2D eigenvalue weighted by atomic mass is 9.75. The molecule has 0 aliphatic rings. The van der Waals surface area contributed by atoms with Crippen molar-refractivity contribution in [2.24, 2.45) is 16.7 Å². The first-order chi connectivity index (χ1) is 6.68. The van der Waals surface area contributed by atoms with E-state index in [0.717, 1.165) is 5.92 Å². The lowest BCUT2D eigenvalue weighted by Gasteiger charge is -2.31. The van der Waals surface area contributed by atoms with Gasteiger partial charge >= 0.3 is 0 Å². The van der Waals surface area contributed by atoms with Gasteiger partial charge in [0.1, 0.15) is 0 Å². The standard InChI is InChI=1S/C15H32/c1-8-14(4,5)11-12-15(6,7)10-9-13(2)3/h13H,8-12H2,1-7H3. The monoisotopic (exact) mass is 212 g/mol. The van der Waals surface area contributed by atoms with Gasteiger partial charge < -0.3 is 0 Å². The topological polar surface area (TPSA) is 0 Å². The summed E-state index contributed by atoms with van der Waals surface area (Å²) in [7, 11) is 0. The highest BCUT2D eigenvalue weighted by Gasteiger charge is 2.23. The van der Waals surface area contributed by atoms with Crippen molar-refractivity contribution < 1.29 is 0 Å². The van der Waals surface area contributed by atoms with Crippen LogP contribution in [0, 0.1) is 16.7 Å². The summed E-state index contributed by atoms with van der Waals surface area (Å²) in [5, 5.41) is 0. The van der Waals surface area contributed by atoms with E-state index in [0.29, 0.717) is 10.8 Å². The number of hydrogen-bond acceptors (Lipinski definition) is 0. The molecule has 0 saturated heterocycles. The molecule has 0 bridgehead atoms. The van der Waals surface area contributed by atoms with Crippen LogP contribution in [-0.4, -0.2) is 0 Å². The van der Waals surface area contributed by atoms with Crippen molar-refractivity contribution in [2.45, 2.75) is 80.6 Å². The Hall–Kier alpha value is 0. The van der Waals surface area contributed by atoms with Crippen LogP contribution in [0.3, 0.4) is 0 Å². The predicted octanol–water partition coefficient (Wildman–Crippen LogP) is 5.67. The van der Waals surface area contributed by atoms with E-state index in [4.69, 9.17) is 0 Å². The second-order valence-electron chi connectivity index (χ2n) is 7.11. The van der Waals surface area contributed by atoms with Crippen molar-refractivity contribution in [3.63, 3.8) is 0 Å². The maximum Gasteiger partial charge on any atom is -0.0354 e. The third-order valence-corrected chi connectivity index (χ3v) is 3.83. The van der Waals surface area contributed by atoms with E-state index >= 15 is 0 Å². The molecule has 0 aliphatic carbocycles. The molecule has 0 aliphatic heterocycles. The van der Waals surface area contributed by atoms with E-state index in [9.17, 15) is 0 Å². The van der Waals surface area contributed by atoms with Gasteiger partial charge in [-0.1, -0.05) is 61.3 Å².